The Balaban J connectivity index is 2.83. The van der Waals surface area contributed by atoms with Gasteiger partial charge in [-0.2, -0.15) is 0 Å². The average Bonchev–Trinajstić information content (AvgIpc) is 2.37. The van der Waals surface area contributed by atoms with E-state index in [0.29, 0.717) is 0 Å². The van der Waals surface area contributed by atoms with E-state index in [1.54, 1.807) is 45.0 Å². The topological polar surface area (TPSA) is 75.6 Å². The van der Waals surface area contributed by atoms with Crippen molar-refractivity contribution in [3.63, 3.8) is 0 Å². The third-order valence-electron chi connectivity index (χ3n) is 2.74. The van der Waals surface area contributed by atoms with Gasteiger partial charge in [-0.25, -0.2) is 9.59 Å². The van der Waals surface area contributed by atoms with Crippen LogP contribution in [0.3, 0.4) is 0 Å². The Kier molecular flexibility index (Phi) is 6.05. The summed E-state index contributed by atoms with van der Waals surface area (Å²) in [4.78, 5) is 23.8. The smallest absolute Gasteiger partial charge is 0.408 e. The number of carboxylic acid groups (broad SMARTS) is 1. The van der Waals surface area contributed by atoms with Crippen molar-refractivity contribution in [3.8, 4) is 0 Å². The molecule has 0 spiro atoms. The van der Waals surface area contributed by atoms with Crippen LogP contribution in [0.2, 0.25) is 0 Å². The van der Waals surface area contributed by atoms with E-state index < -0.39 is 23.7 Å². The number of rotatable bonds is 5. The van der Waals surface area contributed by atoms with Crippen molar-refractivity contribution < 1.29 is 19.4 Å². The largest absolute Gasteiger partial charge is 0.480 e. The summed E-state index contributed by atoms with van der Waals surface area (Å²) in [6, 6.07) is 4.25. The monoisotopic (exact) mass is 323 g/mol. The molecule has 0 aliphatic rings. The predicted molar refractivity (Wildman–Crippen MR) is 88.3 cm³/mol. The zero-order chi connectivity index (χ0) is 16.9. The van der Waals surface area contributed by atoms with Crippen molar-refractivity contribution in [2.75, 3.05) is 0 Å². The molecular weight excluding hydrogens is 302 g/mol. The molecule has 0 aromatic heterocycles. The Labute approximate surface area is 135 Å². The summed E-state index contributed by atoms with van der Waals surface area (Å²) in [6.45, 7) is 8.82. The molecule has 0 saturated carbocycles. The summed E-state index contributed by atoms with van der Waals surface area (Å²) < 4.78 is 5.08. The number of aliphatic carboxylic acids is 1. The van der Waals surface area contributed by atoms with Crippen LogP contribution in [0.5, 0.6) is 0 Å². The molecule has 6 heteroatoms. The molecule has 1 atom stereocenters. The number of carbonyl (C=O) groups excluding carboxylic acids is 1. The van der Waals surface area contributed by atoms with E-state index in [-0.39, 0.29) is 6.42 Å². The molecule has 1 aromatic rings. The van der Waals surface area contributed by atoms with E-state index in [9.17, 15) is 14.7 Å². The Bertz CT molecular complexity index is 578. The lowest BCUT2D eigenvalue weighted by Crippen LogP contribution is -2.44. The number of nitrogens with one attached hydrogen (secondary N) is 1. The number of hydrogen-bond acceptors (Lipinski definition) is 4. The van der Waals surface area contributed by atoms with E-state index in [1.165, 1.54) is 0 Å². The minimum Gasteiger partial charge on any atom is -0.480 e. The number of thiol groups is 1. The van der Waals surface area contributed by atoms with Crippen LogP contribution in [-0.4, -0.2) is 28.8 Å². The van der Waals surface area contributed by atoms with Crippen LogP contribution in [0.1, 0.15) is 31.9 Å². The fraction of sp³-hybridized carbons (Fsp3) is 0.375. The summed E-state index contributed by atoms with van der Waals surface area (Å²) in [5.41, 5.74) is 0.884. The van der Waals surface area contributed by atoms with Crippen molar-refractivity contribution in [1.29, 1.82) is 0 Å². The lowest BCUT2D eigenvalue weighted by molar-refractivity contribution is -0.139. The Morgan fingerprint density at radius 2 is 2.09 bits per heavy atom. The Hall–Kier alpha value is -1.95. The van der Waals surface area contributed by atoms with E-state index in [0.717, 1.165) is 16.0 Å². The van der Waals surface area contributed by atoms with Crippen LogP contribution in [0.15, 0.2) is 29.7 Å². The normalized spacial score (nSPS) is 12.4. The summed E-state index contributed by atoms with van der Waals surface area (Å²) in [6.07, 6.45) is 1.03. The van der Waals surface area contributed by atoms with Gasteiger partial charge >= 0.3 is 12.1 Å². The van der Waals surface area contributed by atoms with Crippen LogP contribution < -0.4 is 5.32 Å². The summed E-state index contributed by atoms with van der Waals surface area (Å²) in [7, 11) is 0. The standard InChI is InChI=1S/C16H21NO4S/c1-5-11-8-10(6-7-13(11)22)9-12(14(18)19)17-15(20)21-16(2,3)4/h5-8,12,22H,1,9H2,2-4H3,(H,17,20)(H,18,19). The van der Waals surface area contributed by atoms with Gasteiger partial charge in [0, 0.05) is 11.3 Å². The fourth-order valence-electron chi connectivity index (χ4n) is 1.78. The molecule has 1 unspecified atom stereocenters. The first-order chi connectivity index (χ1) is 10.1. The molecule has 0 aliphatic carbocycles. The maximum absolute atomic E-state index is 11.7. The van der Waals surface area contributed by atoms with E-state index in [1.807, 2.05) is 0 Å². The summed E-state index contributed by atoms with van der Waals surface area (Å²) >= 11 is 4.28. The molecule has 0 bridgehead atoms. The quantitative estimate of drug-likeness (QED) is 0.728. The molecule has 0 fully saturated rings. The molecule has 1 aromatic carbocycles. The lowest BCUT2D eigenvalue weighted by Gasteiger charge is -2.22. The number of carbonyl (C=O) groups is 2. The molecule has 5 nitrogen and oxygen atoms in total. The van der Waals surface area contributed by atoms with Crippen LogP contribution >= 0.6 is 12.6 Å². The Morgan fingerprint density at radius 3 is 2.59 bits per heavy atom. The second-order valence-electron chi connectivity index (χ2n) is 5.84. The number of ether oxygens (including phenoxy) is 1. The predicted octanol–water partition coefficient (Wildman–Crippen LogP) is 3.14. The molecule has 22 heavy (non-hydrogen) atoms. The summed E-state index contributed by atoms with van der Waals surface area (Å²) in [5.74, 6) is -1.12. The van der Waals surface area contributed by atoms with Crippen molar-refractivity contribution in [1.82, 2.24) is 5.32 Å². The Morgan fingerprint density at radius 1 is 1.45 bits per heavy atom. The molecule has 0 aliphatic heterocycles. The average molecular weight is 323 g/mol. The third kappa shape index (κ3) is 5.81. The van der Waals surface area contributed by atoms with Gasteiger partial charge in [0.1, 0.15) is 11.6 Å². The number of hydrogen-bond donors (Lipinski definition) is 3. The molecule has 1 rings (SSSR count). The molecular formula is C16H21NO4S. The molecule has 0 radical (unpaired) electrons. The highest BCUT2D eigenvalue weighted by Crippen LogP contribution is 2.18. The highest BCUT2D eigenvalue weighted by molar-refractivity contribution is 7.80. The summed E-state index contributed by atoms with van der Waals surface area (Å²) in [5, 5.41) is 11.6. The van der Waals surface area contributed by atoms with Gasteiger partial charge in [-0.05, 0) is 38.0 Å². The SMILES string of the molecule is C=Cc1cc(CC(NC(=O)OC(C)(C)C)C(=O)O)ccc1S. The fourth-order valence-corrected chi connectivity index (χ4v) is 2.01. The minimum absolute atomic E-state index is 0.142. The second kappa shape index (κ2) is 7.35. The number of alkyl carbamates (subject to hydrolysis) is 1. The maximum atomic E-state index is 11.7. The number of amides is 1. The van der Waals surface area contributed by atoms with Gasteiger partial charge in [-0.15, -0.1) is 12.6 Å². The van der Waals surface area contributed by atoms with Gasteiger partial charge in [0.2, 0.25) is 0 Å². The van der Waals surface area contributed by atoms with Gasteiger partial charge in [0.15, 0.2) is 0 Å². The van der Waals surface area contributed by atoms with Gasteiger partial charge in [-0.1, -0.05) is 24.8 Å². The van der Waals surface area contributed by atoms with Crippen molar-refractivity contribution >= 4 is 30.8 Å². The minimum atomic E-state index is -1.12. The molecule has 0 saturated heterocycles. The van der Waals surface area contributed by atoms with Gasteiger partial charge in [0.25, 0.3) is 0 Å². The van der Waals surface area contributed by atoms with E-state index >= 15 is 0 Å². The number of carboxylic acids is 1. The van der Waals surface area contributed by atoms with Crippen LogP contribution in [0.25, 0.3) is 6.08 Å². The zero-order valence-corrected chi connectivity index (χ0v) is 13.8. The van der Waals surface area contributed by atoms with Gasteiger partial charge in [-0.3, -0.25) is 0 Å². The van der Waals surface area contributed by atoms with Crippen LogP contribution in [0, 0.1) is 0 Å². The first kappa shape index (κ1) is 18.1. The maximum Gasteiger partial charge on any atom is 0.408 e. The van der Waals surface area contributed by atoms with Gasteiger partial charge < -0.3 is 15.2 Å². The molecule has 0 heterocycles. The van der Waals surface area contributed by atoms with E-state index in [2.05, 4.69) is 24.5 Å². The third-order valence-corrected chi connectivity index (χ3v) is 3.15. The number of benzene rings is 1. The first-order valence-corrected chi connectivity index (χ1v) is 7.24. The lowest BCUT2D eigenvalue weighted by atomic mass is 10.0. The molecule has 1 amide bonds. The van der Waals surface area contributed by atoms with Crippen LogP contribution in [0.4, 0.5) is 4.79 Å². The molecule has 120 valence electrons. The van der Waals surface area contributed by atoms with E-state index in [4.69, 9.17) is 4.74 Å². The van der Waals surface area contributed by atoms with Crippen molar-refractivity contribution in [2.45, 2.75) is 43.7 Å². The first-order valence-electron chi connectivity index (χ1n) is 6.79. The second-order valence-corrected chi connectivity index (χ2v) is 6.32. The highest BCUT2D eigenvalue weighted by atomic mass is 32.1. The van der Waals surface area contributed by atoms with Crippen molar-refractivity contribution in [2.24, 2.45) is 0 Å². The van der Waals surface area contributed by atoms with Gasteiger partial charge in [0.05, 0.1) is 0 Å². The van der Waals surface area contributed by atoms with Crippen LogP contribution in [-0.2, 0) is 16.0 Å². The zero-order valence-electron chi connectivity index (χ0n) is 12.9. The highest BCUT2D eigenvalue weighted by Gasteiger charge is 2.24. The van der Waals surface area contributed by atoms with Crippen molar-refractivity contribution in [3.05, 3.63) is 35.9 Å². The molecule has 2 N–H and O–H groups in total.